The maximum absolute atomic E-state index is 5.85. The van der Waals surface area contributed by atoms with E-state index in [0.29, 0.717) is 0 Å². The van der Waals surface area contributed by atoms with Crippen LogP contribution in [0.2, 0.25) is 0 Å². The molecule has 0 aliphatic heterocycles. The smallest absolute Gasteiger partial charge is 0.143 e. The molecule has 2 aromatic rings. The van der Waals surface area contributed by atoms with E-state index in [9.17, 15) is 0 Å². The summed E-state index contributed by atoms with van der Waals surface area (Å²) >= 11 is 0. The lowest BCUT2D eigenvalue weighted by Gasteiger charge is -2.24. The number of hydrogen-bond donors (Lipinski definition) is 1. The second kappa shape index (κ2) is 5.22. The highest BCUT2D eigenvalue weighted by Crippen LogP contribution is 2.36. The summed E-state index contributed by atoms with van der Waals surface area (Å²) in [5, 5.41) is 0. The number of ether oxygens (including phenoxy) is 1. The molecule has 100 valence electrons. The van der Waals surface area contributed by atoms with Gasteiger partial charge in [0.25, 0.3) is 0 Å². The van der Waals surface area contributed by atoms with E-state index in [0.717, 1.165) is 22.8 Å². The maximum atomic E-state index is 5.85. The summed E-state index contributed by atoms with van der Waals surface area (Å²) < 4.78 is 5.51. The fourth-order valence-electron chi connectivity index (χ4n) is 2.37. The fraction of sp³-hybridized carbons (Fsp3) is 0.250. The van der Waals surface area contributed by atoms with Crippen molar-refractivity contribution < 1.29 is 4.74 Å². The Balaban J connectivity index is 2.52. The van der Waals surface area contributed by atoms with Gasteiger partial charge in [0, 0.05) is 18.4 Å². The minimum atomic E-state index is 0.757. The average Bonchev–Trinajstić information content (AvgIpc) is 2.37. The summed E-state index contributed by atoms with van der Waals surface area (Å²) in [6.07, 6.45) is 0. The molecule has 2 N–H and O–H groups in total. The van der Waals surface area contributed by atoms with E-state index in [1.54, 1.807) is 7.11 Å². The van der Waals surface area contributed by atoms with Crippen molar-refractivity contribution in [2.75, 3.05) is 24.8 Å². The molecule has 0 saturated carbocycles. The van der Waals surface area contributed by atoms with E-state index in [2.05, 4.69) is 24.8 Å². The van der Waals surface area contributed by atoms with Crippen molar-refractivity contribution in [3.05, 3.63) is 47.5 Å². The van der Waals surface area contributed by atoms with Gasteiger partial charge in [-0.2, -0.15) is 0 Å². The molecule has 0 saturated heterocycles. The summed E-state index contributed by atoms with van der Waals surface area (Å²) in [5.74, 6) is 0.877. The Labute approximate surface area is 114 Å². The van der Waals surface area contributed by atoms with Crippen molar-refractivity contribution in [3.8, 4) is 5.75 Å². The van der Waals surface area contributed by atoms with E-state index < -0.39 is 0 Å². The molecule has 0 aliphatic rings. The molecule has 0 aromatic heterocycles. The first-order valence-electron chi connectivity index (χ1n) is 6.27. The Morgan fingerprint density at radius 3 is 2.47 bits per heavy atom. The topological polar surface area (TPSA) is 38.5 Å². The zero-order valence-corrected chi connectivity index (χ0v) is 11.9. The molecule has 0 radical (unpaired) electrons. The average molecular weight is 256 g/mol. The van der Waals surface area contributed by atoms with Crippen molar-refractivity contribution in [1.82, 2.24) is 0 Å². The monoisotopic (exact) mass is 256 g/mol. The molecule has 0 heterocycles. The third-order valence-electron chi connectivity index (χ3n) is 3.22. The molecule has 0 bridgehead atoms. The number of nitrogen functional groups attached to an aromatic ring is 1. The van der Waals surface area contributed by atoms with E-state index in [-0.39, 0.29) is 0 Å². The van der Waals surface area contributed by atoms with Crippen LogP contribution >= 0.6 is 0 Å². The quantitative estimate of drug-likeness (QED) is 0.852. The van der Waals surface area contributed by atoms with Crippen LogP contribution in [0, 0.1) is 13.8 Å². The summed E-state index contributed by atoms with van der Waals surface area (Å²) in [6, 6.07) is 12.0. The third-order valence-corrected chi connectivity index (χ3v) is 3.22. The van der Waals surface area contributed by atoms with Gasteiger partial charge in [-0.05, 0) is 49.2 Å². The Kier molecular flexibility index (Phi) is 3.65. The van der Waals surface area contributed by atoms with Gasteiger partial charge in [-0.15, -0.1) is 0 Å². The number of methoxy groups -OCH3 is 1. The van der Waals surface area contributed by atoms with Gasteiger partial charge in [0.05, 0.1) is 12.8 Å². The number of aryl methyl sites for hydroxylation is 2. The number of anilines is 3. The van der Waals surface area contributed by atoms with Crippen LogP contribution in [0.4, 0.5) is 17.1 Å². The van der Waals surface area contributed by atoms with Crippen LogP contribution in [0.1, 0.15) is 11.1 Å². The maximum Gasteiger partial charge on any atom is 0.143 e. The predicted molar refractivity (Wildman–Crippen MR) is 81.4 cm³/mol. The lowest BCUT2D eigenvalue weighted by molar-refractivity contribution is 0.415. The van der Waals surface area contributed by atoms with Gasteiger partial charge in [-0.1, -0.05) is 12.1 Å². The predicted octanol–water partition coefficient (Wildman–Crippen LogP) is 3.66. The van der Waals surface area contributed by atoms with Gasteiger partial charge in [-0.25, -0.2) is 0 Å². The van der Waals surface area contributed by atoms with Crippen LogP contribution < -0.4 is 15.4 Å². The Bertz CT molecular complexity index is 593. The number of hydrogen-bond acceptors (Lipinski definition) is 3. The van der Waals surface area contributed by atoms with Crippen molar-refractivity contribution in [2.24, 2.45) is 0 Å². The second-order valence-corrected chi connectivity index (χ2v) is 4.79. The summed E-state index contributed by atoms with van der Waals surface area (Å²) in [6.45, 7) is 4.16. The number of benzene rings is 2. The summed E-state index contributed by atoms with van der Waals surface area (Å²) in [4.78, 5) is 2.10. The van der Waals surface area contributed by atoms with Crippen LogP contribution in [-0.2, 0) is 0 Å². The molecule has 0 unspecified atom stereocenters. The highest BCUT2D eigenvalue weighted by Gasteiger charge is 2.13. The number of nitrogens with zero attached hydrogens (tertiary/aromatic N) is 1. The van der Waals surface area contributed by atoms with Gasteiger partial charge in [-0.3, -0.25) is 0 Å². The largest absolute Gasteiger partial charge is 0.495 e. The highest BCUT2D eigenvalue weighted by molar-refractivity contribution is 5.74. The van der Waals surface area contributed by atoms with Crippen LogP contribution in [0.3, 0.4) is 0 Å². The Hall–Kier alpha value is -2.16. The van der Waals surface area contributed by atoms with Gasteiger partial charge in [0.1, 0.15) is 5.75 Å². The first kappa shape index (κ1) is 13.3. The van der Waals surface area contributed by atoms with E-state index in [4.69, 9.17) is 10.5 Å². The molecule has 19 heavy (non-hydrogen) atoms. The van der Waals surface area contributed by atoms with Gasteiger partial charge >= 0.3 is 0 Å². The van der Waals surface area contributed by atoms with E-state index >= 15 is 0 Å². The molecular formula is C16H20N2O. The second-order valence-electron chi connectivity index (χ2n) is 4.79. The zero-order valence-electron chi connectivity index (χ0n) is 11.9. The molecule has 0 amide bonds. The minimum absolute atomic E-state index is 0.757. The number of rotatable bonds is 3. The van der Waals surface area contributed by atoms with Crippen LogP contribution in [0.15, 0.2) is 36.4 Å². The minimum Gasteiger partial charge on any atom is -0.495 e. The first-order valence-corrected chi connectivity index (χ1v) is 6.27. The van der Waals surface area contributed by atoms with Crippen LogP contribution in [0.25, 0.3) is 0 Å². The molecule has 0 spiro atoms. The lowest BCUT2D eigenvalue weighted by atomic mass is 10.1. The summed E-state index contributed by atoms with van der Waals surface area (Å²) in [7, 11) is 3.72. The van der Waals surface area contributed by atoms with Gasteiger partial charge < -0.3 is 15.4 Å². The Morgan fingerprint density at radius 2 is 1.84 bits per heavy atom. The molecule has 2 rings (SSSR count). The van der Waals surface area contributed by atoms with Gasteiger partial charge in [0.2, 0.25) is 0 Å². The van der Waals surface area contributed by atoms with E-state index in [1.165, 1.54) is 11.1 Å². The molecule has 2 aromatic carbocycles. The number of nitrogens with two attached hydrogens (primary N) is 1. The van der Waals surface area contributed by atoms with Gasteiger partial charge in [0.15, 0.2) is 0 Å². The molecule has 0 atom stereocenters. The normalized spacial score (nSPS) is 10.3. The lowest BCUT2D eigenvalue weighted by Crippen LogP contribution is -2.12. The van der Waals surface area contributed by atoms with E-state index in [1.807, 2.05) is 37.4 Å². The van der Waals surface area contributed by atoms with Crippen LogP contribution in [-0.4, -0.2) is 14.2 Å². The standard InChI is InChI=1S/C16H20N2O/c1-11-8-12(2)16(15(9-11)19-4)18(3)14-7-5-6-13(17)10-14/h5-10H,17H2,1-4H3. The third kappa shape index (κ3) is 2.65. The Morgan fingerprint density at radius 1 is 1.11 bits per heavy atom. The SMILES string of the molecule is COc1cc(C)cc(C)c1N(C)c1cccc(N)c1. The summed E-state index contributed by atoms with van der Waals surface area (Å²) in [5.41, 5.74) is 11.1. The fourth-order valence-corrected chi connectivity index (χ4v) is 2.37. The molecule has 0 aliphatic carbocycles. The molecule has 3 heteroatoms. The van der Waals surface area contributed by atoms with Crippen molar-refractivity contribution in [1.29, 1.82) is 0 Å². The van der Waals surface area contributed by atoms with Crippen molar-refractivity contribution >= 4 is 17.1 Å². The first-order chi connectivity index (χ1) is 9.02. The molecular weight excluding hydrogens is 236 g/mol. The highest BCUT2D eigenvalue weighted by atomic mass is 16.5. The van der Waals surface area contributed by atoms with Crippen molar-refractivity contribution in [3.63, 3.8) is 0 Å². The van der Waals surface area contributed by atoms with Crippen molar-refractivity contribution in [2.45, 2.75) is 13.8 Å². The molecule has 3 nitrogen and oxygen atoms in total. The zero-order chi connectivity index (χ0) is 14.0. The van der Waals surface area contributed by atoms with Crippen LogP contribution in [0.5, 0.6) is 5.75 Å². The molecule has 0 fully saturated rings.